The molecule has 2 aromatic rings. The maximum absolute atomic E-state index is 12.0. The molecule has 126 valence electrons. The van der Waals surface area contributed by atoms with E-state index < -0.39 is 5.97 Å². The van der Waals surface area contributed by atoms with Crippen molar-refractivity contribution in [1.82, 2.24) is 0 Å². The van der Waals surface area contributed by atoms with Crippen LogP contribution in [0.2, 0.25) is 0 Å². The van der Waals surface area contributed by atoms with Gasteiger partial charge in [-0.2, -0.15) is 0 Å². The van der Waals surface area contributed by atoms with Gasteiger partial charge in [0.1, 0.15) is 11.5 Å². The van der Waals surface area contributed by atoms with Crippen LogP contribution in [0.3, 0.4) is 0 Å². The number of aliphatic imine (C=N–C) groups is 1. The van der Waals surface area contributed by atoms with Crippen LogP contribution in [0, 0.1) is 0 Å². The van der Waals surface area contributed by atoms with Gasteiger partial charge in [-0.25, -0.2) is 9.79 Å². The maximum atomic E-state index is 12.0. The number of rotatable bonds is 5. The van der Waals surface area contributed by atoms with Crippen molar-refractivity contribution in [3.8, 4) is 11.5 Å². The summed E-state index contributed by atoms with van der Waals surface area (Å²) in [5.74, 6) is 1.13. The molecule has 0 bridgehead atoms. The number of para-hydroxylation sites is 2. The zero-order chi connectivity index (χ0) is 17.6. The summed E-state index contributed by atoms with van der Waals surface area (Å²) in [6.45, 7) is 0. The molecule has 3 rings (SSSR count). The van der Waals surface area contributed by atoms with Gasteiger partial charge in [0.15, 0.2) is 5.70 Å². The fourth-order valence-corrected chi connectivity index (χ4v) is 2.40. The Hall–Kier alpha value is -3.34. The van der Waals surface area contributed by atoms with Crippen molar-refractivity contribution in [3.05, 3.63) is 71.4 Å². The fraction of sp³-hybridized carbons (Fsp3) is 0.100. The van der Waals surface area contributed by atoms with Crippen LogP contribution in [-0.4, -0.2) is 26.1 Å². The van der Waals surface area contributed by atoms with E-state index in [4.69, 9.17) is 14.2 Å². The number of benzene rings is 2. The van der Waals surface area contributed by atoms with E-state index in [0.29, 0.717) is 5.75 Å². The summed E-state index contributed by atoms with van der Waals surface area (Å²) in [4.78, 5) is 16.3. The second kappa shape index (κ2) is 7.49. The molecule has 0 atom stereocenters. The lowest BCUT2D eigenvalue weighted by Crippen LogP contribution is -2.01. The Bertz CT molecular complexity index is 881. The summed E-state index contributed by atoms with van der Waals surface area (Å²) in [7, 11) is 3.18. The first-order chi connectivity index (χ1) is 12.2. The van der Waals surface area contributed by atoms with E-state index in [1.807, 2.05) is 48.5 Å². The quantitative estimate of drug-likeness (QED) is 0.617. The first-order valence-corrected chi connectivity index (χ1v) is 7.68. The van der Waals surface area contributed by atoms with Crippen LogP contribution >= 0.6 is 0 Å². The van der Waals surface area contributed by atoms with Crippen molar-refractivity contribution < 1.29 is 19.0 Å². The van der Waals surface area contributed by atoms with Gasteiger partial charge in [0.2, 0.25) is 5.90 Å². The van der Waals surface area contributed by atoms with Gasteiger partial charge in [-0.1, -0.05) is 36.4 Å². The Morgan fingerprint density at radius 1 is 0.880 bits per heavy atom. The van der Waals surface area contributed by atoms with Crippen LogP contribution in [0.4, 0.5) is 0 Å². The maximum Gasteiger partial charge on any atom is 0.363 e. The van der Waals surface area contributed by atoms with Crippen LogP contribution in [0.1, 0.15) is 11.1 Å². The van der Waals surface area contributed by atoms with E-state index in [1.54, 1.807) is 32.4 Å². The predicted octanol–water partition coefficient (Wildman–Crippen LogP) is 3.71. The lowest BCUT2D eigenvalue weighted by Gasteiger charge is -2.03. The number of methoxy groups -OCH3 is 2. The molecule has 25 heavy (non-hydrogen) atoms. The average molecular weight is 335 g/mol. The van der Waals surface area contributed by atoms with Crippen molar-refractivity contribution in [2.75, 3.05) is 14.2 Å². The zero-order valence-electron chi connectivity index (χ0n) is 13.9. The van der Waals surface area contributed by atoms with Gasteiger partial charge in [0.25, 0.3) is 0 Å². The topological polar surface area (TPSA) is 57.1 Å². The van der Waals surface area contributed by atoms with Crippen molar-refractivity contribution in [3.63, 3.8) is 0 Å². The number of nitrogens with zero attached hydrogens (tertiary/aromatic N) is 1. The second-order valence-corrected chi connectivity index (χ2v) is 5.19. The van der Waals surface area contributed by atoms with E-state index in [0.717, 1.165) is 16.9 Å². The molecular formula is C20H17NO4. The number of carbonyl (C=O) groups is 1. The minimum atomic E-state index is -0.495. The highest BCUT2D eigenvalue weighted by Gasteiger charge is 2.21. The summed E-state index contributed by atoms with van der Waals surface area (Å²) in [6, 6.07) is 14.9. The van der Waals surface area contributed by atoms with Gasteiger partial charge in [0.05, 0.1) is 14.2 Å². The van der Waals surface area contributed by atoms with Crippen molar-refractivity contribution in [1.29, 1.82) is 0 Å². The number of esters is 1. The first kappa shape index (κ1) is 16.5. The summed E-state index contributed by atoms with van der Waals surface area (Å²) in [5.41, 5.74) is 1.85. The second-order valence-electron chi connectivity index (χ2n) is 5.19. The molecule has 1 aliphatic rings. The minimum absolute atomic E-state index is 0.226. The van der Waals surface area contributed by atoms with Gasteiger partial charge >= 0.3 is 5.97 Å². The van der Waals surface area contributed by atoms with E-state index in [9.17, 15) is 4.79 Å². The number of ether oxygens (including phenoxy) is 3. The smallest absolute Gasteiger partial charge is 0.363 e. The Kier molecular flexibility index (Phi) is 4.95. The largest absolute Gasteiger partial charge is 0.496 e. The predicted molar refractivity (Wildman–Crippen MR) is 96.5 cm³/mol. The normalized spacial score (nSPS) is 15.4. The molecule has 2 aromatic carbocycles. The molecule has 0 radical (unpaired) electrons. The van der Waals surface area contributed by atoms with E-state index >= 15 is 0 Å². The number of cyclic esters (lactones) is 1. The molecule has 1 heterocycles. The molecule has 5 nitrogen and oxygen atoms in total. The number of carbonyl (C=O) groups excluding carboxylic acids is 1. The molecule has 0 amide bonds. The molecule has 5 heteroatoms. The highest BCUT2D eigenvalue weighted by molar-refractivity contribution is 6.11. The van der Waals surface area contributed by atoms with Gasteiger partial charge in [0, 0.05) is 17.2 Å². The highest BCUT2D eigenvalue weighted by atomic mass is 16.6. The van der Waals surface area contributed by atoms with Crippen LogP contribution in [0.25, 0.3) is 12.2 Å². The lowest BCUT2D eigenvalue weighted by atomic mass is 10.1. The van der Waals surface area contributed by atoms with Gasteiger partial charge < -0.3 is 14.2 Å². The van der Waals surface area contributed by atoms with Gasteiger partial charge in [-0.05, 0) is 24.3 Å². The third kappa shape index (κ3) is 3.77. The summed E-state index contributed by atoms with van der Waals surface area (Å²) < 4.78 is 15.7. The van der Waals surface area contributed by atoms with Crippen molar-refractivity contribution in [2.24, 2.45) is 4.99 Å². The molecule has 0 spiro atoms. The SMILES string of the molecule is COc1ccccc1/C=C1N=C(/C=C/c2ccccc2OC)OC\1=O. The Morgan fingerprint density at radius 3 is 2.16 bits per heavy atom. The van der Waals surface area contributed by atoms with Crippen LogP contribution < -0.4 is 9.47 Å². The monoisotopic (exact) mass is 335 g/mol. The number of hydrogen-bond acceptors (Lipinski definition) is 5. The first-order valence-electron chi connectivity index (χ1n) is 7.68. The Morgan fingerprint density at radius 2 is 1.48 bits per heavy atom. The van der Waals surface area contributed by atoms with E-state index in [1.165, 1.54) is 0 Å². The van der Waals surface area contributed by atoms with Crippen LogP contribution in [-0.2, 0) is 9.53 Å². The van der Waals surface area contributed by atoms with E-state index in [2.05, 4.69) is 4.99 Å². The zero-order valence-corrected chi connectivity index (χ0v) is 13.9. The van der Waals surface area contributed by atoms with Gasteiger partial charge in [-0.15, -0.1) is 0 Å². The molecule has 0 aromatic heterocycles. The summed E-state index contributed by atoms with van der Waals surface area (Å²) in [6.07, 6.45) is 5.07. The molecule has 0 aliphatic carbocycles. The molecule has 0 fully saturated rings. The van der Waals surface area contributed by atoms with E-state index in [-0.39, 0.29) is 11.6 Å². The third-order valence-electron chi connectivity index (χ3n) is 3.61. The van der Waals surface area contributed by atoms with Crippen molar-refractivity contribution >= 4 is 24.0 Å². The lowest BCUT2D eigenvalue weighted by molar-refractivity contribution is -0.129. The highest BCUT2D eigenvalue weighted by Crippen LogP contribution is 2.24. The van der Waals surface area contributed by atoms with Crippen LogP contribution in [0.5, 0.6) is 11.5 Å². The molecule has 0 N–H and O–H groups in total. The summed E-state index contributed by atoms with van der Waals surface area (Å²) >= 11 is 0. The molecule has 0 saturated heterocycles. The molecule has 0 saturated carbocycles. The standard InChI is InChI=1S/C20H17NO4/c1-23-17-9-5-3-7-14(17)11-12-19-21-16(20(22)25-19)13-15-8-4-6-10-18(15)24-2/h3-13H,1-2H3/b12-11+,16-13-. The van der Waals surface area contributed by atoms with Gasteiger partial charge in [-0.3, -0.25) is 0 Å². The Labute approximate surface area is 145 Å². The Balaban J connectivity index is 1.85. The number of hydrogen-bond donors (Lipinski definition) is 0. The molecule has 1 aliphatic heterocycles. The van der Waals surface area contributed by atoms with Crippen molar-refractivity contribution in [2.45, 2.75) is 0 Å². The fourth-order valence-electron chi connectivity index (χ4n) is 2.40. The van der Waals surface area contributed by atoms with Crippen LogP contribution in [0.15, 0.2) is 65.3 Å². The third-order valence-corrected chi connectivity index (χ3v) is 3.61. The average Bonchev–Trinajstić information content (AvgIpc) is 3.00. The minimum Gasteiger partial charge on any atom is -0.496 e. The molecule has 0 unspecified atom stereocenters. The molecular weight excluding hydrogens is 318 g/mol. The summed E-state index contributed by atoms with van der Waals surface area (Å²) in [5, 5.41) is 0.